The standard InChI is InChI=1S/C17H28ClNO/c1-5-17(6-2,20-8-4)16(19-7-3)13-14-11-9-10-12-15(14)18/h9-12,16,19H,5-8,13H2,1-4H3. The highest BCUT2D eigenvalue weighted by atomic mass is 35.5. The summed E-state index contributed by atoms with van der Waals surface area (Å²) in [6, 6.07) is 8.37. The van der Waals surface area contributed by atoms with Crippen molar-refractivity contribution in [3.05, 3.63) is 34.9 Å². The highest BCUT2D eigenvalue weighted by Gasteiger charge is 2.36. The van der Waals surface area contributed by atoms with Gasteiger partial charge < -0.3 is 10.1 Å². The van der Waals surface area contributed by atoms with Crippen molar-refractivity contribution in [2.45, 2.75) is 58.6 Å². The van der Waals surface area contributed by atoms with Gasteiger partial charge in [-0.1, -0.05) is 50.6 Å². The number of halogens is 1. The molecule has 0 spiro atoms. The Morgan fingerprint density at radius 2 is 1.80 bits per heavy atom. The Morgan fingerprint density at radius 3 is 2.30 bits per heavy atom. The van der Waals surface area contributed by atoms with Gasteiger partial charge in [0.2, 0.25) is 0 Å². The Hall–Kier alpha value is -0.570. The van der Waals surface area contributed by atoms with E-state index < -0.39 is 0 Å². The highest BCUT2D eigenvalue weighted by molar-refractivity contribution is 6.31. The van der Waals surface area contributed by atoms with Crippen LogP contribution < -0.4 is 5.32 Å². The van der Waals surface area contributed by atoms with Crippen molar-refractivity contribution < 1.29 is 4.74 Å². The summed E-state index contributed by atoms with van der Waals surface area (Å²) < 4.78 is 6.15. The maximum atomic E-state index is 6.31. The van der Waals surface area contributed by atoms with E-state index in [1.807, 2.05) is 18.2 Å². The molecule has 2 nitrogen and oxygen atoms in total. The van der Waals surface area contributed by atoms with Crippen molar-refractivity contribution in [3.63, 3.8) is 0 Å². The number of nitrogens with one attached hydrogen (secondary N) is 1. The van der Waals surface area contributed by atoms with Gasteiger partial charge in [-0.2, -0.15) is 0 Å². The molecular formula is C17H28ClNO. The molecule has 1 unspecified atom stereocenters. The molecule has 1 aromatic rings. The fourth-order valence-corrected chi connectivity index (χ4v) is 3.12. The SMILES string of the molecule is CCNC(Cc1ccccc1Cl)C(CC)(CC)OCC. The molecule has 0 saturated carbocycles. The summed E-state index contributed by atoms with van der Waals surface area (Å²) in [5.41, 5.74) is 1.07. The van der Waals surface area contributed by atoms with E-state index in [1.54, 1.807) is 0 Å². The summed E-state index contributed by atoms with van der Waals surface area (Å²) in [7, 11) is 0. The largest absolute Gasteiger partial charge is 0.374 e. The molecule has 0 aliphatic carbocycles. The quantitative estimate of drug-likeness (QED) is 0.727. The molecule has 20 heavy (non-hydrogen) atoms. The first-order chi connectivity index (χ1) is 9.63. The van der Waals surface area contributed by atoms with Crippen LogP contribution in [0.15, 0.2) is 24.3 Å². The minimum Gasteiger partial charge on any atom is -0.374 e. The van der Waals surface area contributed by atoms with E-state index in [0.29, 0.717) is 0 Å². The van der Waals surface area contributed by atoms with Gasteiger partial charge in [0.05, 0.1) is 5.60 Å². The van der Waals surface area contributed by atoms with Gasteiger partial charge in [-0.15, -0.1) is 0 Å². The van der Waals surface area contributed by atoms with Gasteiger partial charge in [0, 0.05) is 17.7 Å². The molecule has 114 valence electrons. The van der Waals surface area contributed by atoms with Crippen LogP contribution >= 0.6 is 11.6 Å². The van der Waals surface area contributed by atoms with Crippen molar-refractivity contribution in [1.29, 1.82) is 0 Å². The zero-order valence-corrected chi connectivity index (χ0v) is 14.0. The lowest BCUT2D eigenvalue weighted by atomic mass is 9.84. The van der Waals surface area contributed by atoms with Crippen molar-refractivity contribution in [3.8, 4) is 0 Å². The summed E-state index contributed by atoms with van der Waals surface area (Å²) in [6.45, 7) is 10.3. The smallest absolute Gasteiger partial charge is 0.0832 e. The molecule has 0 bridgehead atoms. The van der Waals surface area contributed by atoms with E-state index >= 15 is 0 Å². The average molecular weight is 298 g/mol. The Kier molecular flexibility index (Phi) is 7.57. The maximum Gasteiger partial charge on any atom is 0.0832 e. The Bertz CT molecular complexity index is 390. The lowest BCUT2D eigenvalue weighted by molar-refractivity contribution is -0.0715. The van der Waals surface area contributed by atoms with Crippen LogP contribution in [0.2, 0.25) is 5.02 Å². The summed E-state index contributed by atoms with van der Waals surface area (Å²) >= 11 is 6.31. The Labute approximate surface area is 128 Å². The molecule has 0 aliphatic rings. The van der Waals surface area contributed by atoms with Gasteiger partial charge in [0.15, 0.2) is 0 Å². The van der Waals surface area contributed by atoms with Gasteiger partial charge >= 0.3 is 0 Å². The topological polar surface area (TPSA) is 21.3 Å². The van der Waals surface area contributed by atoms with Crippen LogP contribution in [0.3, 0.4) is 0 Å². The number of likely N-dealkylation sites (N-methyl/N-ethyl adjacent to an activating group) is 1. The van der Waals surface area contributed by atoms with Gasteiger partial charge in [-0.3, -0.25) is 0 Å². The zero-order chi connectivity index (χ0) is 15.0. The normalized spacial score (nSPS) is 13.4. The fourth-order valence-electron chi connectivity index (χ4n) is 2.91. The molecule has 3 heteroatoms. The molecule has 1 aromatic carbocycles. The minimum atomic E-state index is -0.121. The van der Waals surface area contributed by atoms with E-state index in [1.165, 1.54) is 5.56 Å². The first-order valence-electron chi connectivity index (χ1n) is 7.74. The summed E-state index contributed by atoms with van der Waals surface area (Å²) in [6.07, 6.45) is 2.90. The lowest BCUT2D eigenvalue weighted by Gasteiger charge is -2.40. The number of rotatable bonds is 9. The summed E-state index contributed by atoms with van der Waals surface area (Å²) in [5.74, 6) is 0. The van der Waals surface area contributed by atoms with Crippen molar-refractivity contribution in [2.24, 2.45) is 0 Å². The molecule has 0 heterocycles. The second-order valence-electron chi connectivity index (χ2n) is 5.11. The Morgan fingerprint density at radius 1 is 1.15 bits per heavy atom. The highest BCUT2D eigenvalue weighted by Crippen LogP contribution is 2.29. The van der Waals surface area contributed by atoms with Gasteiger partial charge in [-0.05, 0) is 44.4 Å². The maximum absolute atomic E-state index is 6.31. The third-order valence-corrected chi connectivity index (χ3v) is 4.46. The van der Waals surface area contributed by atoms with Crippen LogP contribution in [0.4, 0.5) is 0 Å². The summed E-state index contributed by atoms with van der Waals surface area (Å²) in [4.78, 5) is 0. The van der Waals surface area contributed by atoms with E-state index in [9.17, 15) is 0 Å². The zero-order valence-electron chi connectivity index (χ0n) is 13.2. The van der Waals surface area contributed by atoms with Crippen molar-refractivity contribution in [1.82, 2.24) is 5.32 Å². The molecule has 1 rings (SSSR count). The number of benzene rings is 1. The molecule has 0 aromatic heterocycles. The third-order valence-electron chi connectivity index (χ3n) is 4.10. The van der Waals surface area contributed by atoms with E-state index in [2.05, 4.69) is 39.1 Å². The van der Waals surface area contributed by atoms with Gasteiger partial charge in [0.1, 0.15) is 0 Å². The first-order valence-corrected chi connectivity index (χ1v) is 8.12. The van der Waals surface area contributed by atoms with E-state index in [4.69, 9.17) is 16.3 Å². The fraction of sp³-hybridized carbons (Fsp3) is 0.647. The van der Waals surface area contributed by atoms with Crippen LogP contribution in [-0.2, 0) is 11.2 Å². The molecule has 1 atom stereocenters. The van der Waals surface area contributed by atoms with Crippen LogP contribution in [0.5, 0.6) is 0 Å². The van der Waals surface area contributed by atoms with Gasteiger partial charge in [-0.25, -0.2) is 0 Å². The molecule has 1 N–H and O–H groups in total. The van der Waals surface area contributed by atoms with Crippen molar-refractivity contribution in [2.75, 3.05) is 13.2 Å². The van der Waals surface area contributed by atoms with E-state index in [0.717, 1.165) is 37.4 Å². The molecule has 0 radical (unpaired) electrons. The molecule has 0 amide bonds. The second kappa shape index (κ2) is 8.66. The summed E-state index contributed by atoms with van der Waals surface area (Å²) in [5, 5.41) is 4.44. The van der Waals surface area contributed by atoms with Crippen LogP contribution in [0.25, 0.3) is 0 Å². The Balaban J connectivity index is 3.00. The predicted molar refractivity (Wildman–Crippen MR) is 87.6 cm³/mol. The molecular weight excluding hydrogens is 270 g/mol. The lowest BCUT2D eigenvalue weighted by Crippen LogP contribution is -2.53. The van der Waals surface area contributed by atoms with Crippen LogP contribution in [0.1, 0.15) is 46.1 Å². The third kappa shape index (κ3) is 4.21. The predicted octanol–water partition coefficient (Wildman–Crippen LogP) is 4.46. The average Bonchev–Trinajstić information content (AvgIpc) is 2.47. The molecule has 0 fully saturated rings. The number of ether oxygens (including phenoxy) is 1. The molecule has 0 aliphatic heterocycles. The van der Waals surface area contributed by atoms with Crippen molar-refractivity contribution >= 4 is 11.6 Å². The van der Waals surface area contributed by atoms with E-state index in [-0.39, 0.29) is 11.6 Å². The monoisotopic (exact) mass is 297 g/mol. The van der Waals surface area contributed by atoms with Gasteiger partial charge in [0.25, 0.3) is 0 Å². The minimum absolute atomic E-state index is 0.121. The molecule has 0 saturated heterocycles. The van der Waals surface area contributed by atoms with Crippen LogP contribution in [-0.4, -0.2) is 24.8 Å². The first kappa shape index (κ1) is 17.5. The number of hydrogen-bond donors (Lipinski definition) is 1. The van der Waals surface area contributed by atoms with Crippen LogP contribution in [0, 0.1) is 0 Å². The number of hydrogen-bond acceptors (Lipinski definition) is 2. The second-order valence-corrected chi connectivity index (χ2v) is 5.52.